The smallest absolute Gasteiger partial charge is 0.275 e. The third kappa shape index (κ3) is 3.39. The number of nitriles is 1. The van der Waals surface area contributed by atoms with E-state index in [-0.39, 0.29) is 5.69 Å². The number of carbonyl (C=O) groups excluding carboxylic acids is 1. The number of nitrogens with zero attached hydrogens (tertiary/aromatic N) is 3. The van der Waals surface area contributed by atoms with Gasteiger partial charge < -0.3 is 15.2 Å². The molecule has 0 aliphatic carbocycles. The van der Waals surface area contributed by atoms with E-state index < -0.39 is 5.91 Å². The Morgan fingerprint density at radius 1 is 1.25 bits per heavy atom. The van der Waals surface area contributed by atoms with Crippen molar-refractivity contribution in [3.63, 3.8) is 0 Å². The van der Waals surface area contributed by atoms with Crippen LogP contribution in [0.1, 0.15) is 21.8 Å². The Hall–Kier alpha value is -3.66. The molecule has 0 saturated heterocycles. The van der Waals surface area contributed by atoms with E-state index in [4.69, 9.17) is 9.78 Å². The minimum atomic E-state index is -0.402. The molecule has 2 N–H and O–H groups in total. The number of amides is 1. The summed E-state index contributed by atoms with van der Waals surface area (Å²) in [5, 5.41) is 18.5. The molecule has 0 bridgehead atoms. The summed E-state index contributed by atoms with van der Waals surface area (Å²) in [7, 11) is 0. The van der Waals surface area contributed by atoms with E-state index >= 15 is 0 Å². The quantitative estimate of drug-likeness (QED) is 0.765. The van der Waals surface area contributed by atoms with Crippen LogP contribution in [0.25, 0.3) is 0 Å². The highest BCUT2D eigenvalue weighted by Crippen LogP contribution is 2.20. The first-order chi connectivity index (χ1) is 11.7. The SMILES string of the molecule is Cc1cc(NC(=O)c2cc(Nc3ccccc3C#N)ccn2)no1. The van der Waals surface area contributed by atoms with Gasteiger partial charge in [0.25, 0.3) is 5.91 Å². The minimum Gasteiger partial charge on any atom is -0.360 e. The molecule has 3 aromatic rings. The lowest BCUT2D eigenvalue weighted by Crippen LogP contribution is -2.14. The predicted molar refractivity (Wildman–Crippen MR) is 87.9 cm³/mol. The van der Waals surface area contributed by atoms with Crippen LogP contribution in [-0.4, -0.2) is 16.0 Å². The van der Waals surface area contributed by atoms with E-state index in [1.54, 1.807) is 43.3 Å². The van der Waals surface area contributed by atoms with Crippen LogP contribution in [-0.2, 0) is 0 Å². The standard InChI is InChI=1S/C17H13N5O2/c1-11-8-16(22-24-11)21-17(23)15-9-13(6-7-19-15)20-14-5-3-2-4-12(14)10-18/h2-9H,1H3,(H,19,20)(H,21,22,23). The first kappa shape index (κ1) is 15.2. The zero-order valence-corrected chi connectivity index (χ0v) is 12.8. The number of anilines is 3. The van der Waals surface area contributed by atoms with Gasteiger partial charge in [-0.2, -0.15) is 5.26 Å². The first-order valence-electron chi connectivity index (χ1n) is 7.12. The number of hydrogen-bond donors (Lipinski definition) is 2. The van der Waals surface area contributed by atoms with Gasteiger partial charge in [-0.25, -0.2) is 0 Å². The third-order valence-corrected chi connectivity index (χ3v) is 3.19. The second-order valence-electron chi connectivity index (χ2n) is 4.99. The van der Waals surface area contributed by atoms with E-state index in [1.807, 2.05) is 6.07 Å². The van der Waals surface area contributed by atoms with Crippen molar-refractivity contribution in [2.75, 3.05) is 10.6 Å². The fraction of sp³-hybridized carbons (Fsp3) is 0.0588. The van der Waals surface area contributed by atoms with Crippen LogP contribution in [0.2, 0.25) is 0 Å². The Balaban J connectivity index is 1.79. The molecule has 3 rings (SSSR count). The maximum absolute atomic E-state index is 12.2. The second kappa shape index (κ2) is 6.62. The van der Waals surface area contributed by atoms with Gasteiger partial charge in [0.15, 0.2) is 5.82 Å². The molecule has 1 amide bonds. The lowest BCUT2D eigenvalue weighted by molar-refractivity contribution is 0.102. The van der Waals surface area contributed by atoms with Crippen LogP contribution in [0, 0.1) is 18.3 Å². The monoisotopic (exact) mass is 319 g/mol. The molecule has 0 spiro atoms. The summed E-state index contributed by atoms with van der Waals surface area (Å²) in [6.45, 7) is 1.73. The Labute approximate surface area is 137 Å². The van der Waals surface area contributed by atoms with Crippen molar-refractivity contribution < 1.29 is 9.32 Å². The highest BCUT2D eigenvalue weighted by Gasteiger charge is 2.11. The Morgan fingerprint density at radius 2 is 2.08 bits per heavy atom. The average Bonchev–Trinajstić information content (AvgIpc) is 3.00. The van der Waals surface area contributed by atoms with Crippen LogP contribution in [0.4, 0.5) is 17.2 Å². The van der Waals surface area contributed by atoms with Crippen molar-refractivity contribution in [3.05, 3.63) is 65.7 Å². The fourth-order valence-electron chi connectivity index (χ4n) is 2.08. The van der Waals surface area contributed by atoms with E-state index in [9.17, 15) is 4.79 Å². The number of carbonyl (C=O) groups is 1. The normalized spacial score (nSPS) is 10.0. The zero-order chi connectivity index (χ0) is 16.9. The number of rotatable bonds is 4. The molecular formula is C17H13N5O2. The maximum Gasteiger partial charge on any atom is 0.275 e. The highest BCUT2D eigenvalue weighted by molar-refractivity contribution is 6.02. The lowest BCUT2D eigenvalue weighted by Gasteiger charge is -2.09. The number of aromatic nitrogens is 2. The molecule has 7 heteroatoms. The topological polar surface area (TPSA) is 104 Å². The molecule has 0 atom stereocenters. The molecule has 0 saturated carbocycles. The lowest BCUT2D eigenvalue weighted by atomic mass is 10.2. The molecule has 0 aliphatic heterocycles. The van der Waals surface area contributed by atoms with Crippen LogP contribution < -0.4 is 10.6 Å². The van der Waals surface area contributed by atoms with Gasteiger partial charge >= 0.3 is 0 Å². The van der Waals surface area contributed by atoms with Gasteiger partial charge in [0, 0.05) is 18.0 Å². The summed E-state index contributed by atoms with van der Waals surface area (Å²) >= 11 is 0. The molecular weight excluding hydrogens is 306 g/mol. The predicted octanol–water partition coefficient (Wildman–Crippen LogP) is 3.25. The van der Waals surface area contributed by atoms with Gasteiger partial charge in [-0.05, 0) is 31.2 Å². The molecule has 0 aliphatic rings. The van der Waals surface area contributed by atoms with Crippen molar-refractivity contribution in [2.45, 2.75) is 6.92 Å². The van der Waals surface area contributed by atoms with Gasteiger partial charge in [-0.3, -0.25) is 9.78 Å². The van der Waals surface area contributed by atoms with Crippen molar-refractivity contribution >= 4 is 23.1 Å². The Kier molecular flexibility index (Phi) is 4.21. The number of hydrogen-bond acceptors (Lipinski definition) is 6. The summed E-state index contributed by atoms with van der Waals surface area (Å²) in [6, 6.07) is 14.1. The van der Waals surface area contributed by atoms with Crippen LogP contribution in [0.5, 0.6) is 0 Å². The van der Waals surface area contributed by atoms with Gasteiger partial charge in [0.05, 0.1) is 11.3 Å². The average molecular weight is 319 g/mol. The van der Waals surface area contributed by atoms with Gasteiger partial charge in [-0.15, -0.1) is 0 Å². The highest BCUT2D eigenvalue weighted by atomic mass is 16.5. The number of aryl methyl sites for hydroxylation is 1. The fourth-order valence-corrected chi connectivity index (χ4v) is 2.08. The first-order valence-corrected chi connectivity index (χ1v) is 7.12. The van der Waals surface area contributed by atoms with Crippen molar-refractivity contribution in [2.24, 2.45) is 0 Å². The minimum absolute atomic E-state index is 0.218. The molecule has 0 fully saturated rings. The summed E-state index contributed by atoms with van der Waals surface area (Å²) < 4.78 is 4.90. The van der Waals surface area contributed by atoms with Gasteiger partial charge in [-0.1, -0.05) is 17.3 Å². The molecule has 7 nitrogen and oxygen atoms in total. The molecule has 1 aromatic carbocycles. The number of nitrogens with one attached hydrogen (secondary N) is 2. The second-order valence-corrected chi connectivity index (χ2v) is 4.99. The third-order valence-electron chi connectivity index (χ3n) is 3.19. The molecule has 118 valence electrons. The summed E-state index contributed by atoms with van der Waals surface area (Å²) in [5.74, 6) is 0.523. The summed E-state index contributed by atoms with van der Waals surface area (Å²) in [4.78, 5) is 16.3. The summed E-state index contributed by atoms with van der Waals surface area (Å²) in [5.41, 5.74) is 2.03. The Bertz CT molecular complexity index is 926. The van der Waals surface area contributed by atoms with E-state index in [0.29, 0.717) is 28.5 Å². The molecule has 0 unspecified atom stereocenters. The number of para-hydroxylation sites is 1. The van der Waals surface area contributed by atoms with Crippen molar-refractivity contribution in [3.8, 4) is 6.07 Å². The van der Waals surface area contributed by atoms with Crippen molar-refractivity contribution in [1.29, 1.82) is 5.26 Å². The van der Waals surface area contributed by atoms with E-state index in [2.05, 4.69) is 26.8 Å². The number of pyridine rings is 1. The van der Waals surface area contributed by atoms with Crippen LogP contribution in [0.3, 0.4) is 0 Å². The molecule has 24 heavy (non-hydrogen) atoms. The largest absolute Gasteiger partial charge is 0.360 e. The van der Waals surface area contributed by atoms with E-state index in [0.717, 1.165) is 0 Å². The maximum atomic E-state index is 12.2. The number of benzene rings is 1. The molecule has 0 radical (unpaired) electrons. The molecule has 2 aromatic heterocycles. The zero-order valence-electron chi connectivity index (χ0n) is 12.8. The van der Waals surface area contributed by atoms with Gasteiger partial charge in [0.2, 0.25) is 0 Å². The summed E-state index contributed by atoms with van der Waals surface area (Å²) in [6.07, 6.45) is 1.51. The van der Waals surface area contributed by atoms with Crippen LogP contribution in [0.15, 0.2) is 53.2 Å². The van der Waals surface area contributed by atoms with E-state index in [1.165, 1.54) is 6.20 Å². The van der Waals surface area contributed by atoms with Crippen LogP contribution >= 0.6 is 0 Å². The van der Waals surface area contributed by atoms with Gasteiger partial charge in [0.1, 0.15) is 17.5 Å². The molecule has 2 heterocycles. The Morgan fingerprint density at radius 3 is 2.83 bits per heavy atom. The van der Waals surface area contributed by atoms with Crippen molar-refractivity contribution in [1.82, 2.24) is 10.1 Å².